The maximum atomic E-state index is 13.7. The number of para-hydroxylation sites is 1. The van der Waals surface area contributed by atoms with Gasteiger partial charge in [-0.05, 0) is 60.9 Å². The maximum Gasteiger partial charge on any atom is 0.267 e. The van der Waals surface area contributed by atoms with E-state index >= 15 is 0 Å². The number of aryl methyl sites for hydroxylation is 3. The number of nitrogens with zero attached hydrogens (tertiary/aromatic N) is 3. The first-order valence-electron chi connectivity index (χ1n) is 11.8. The lowest BCUT2D eigenvalue weighted by Crippen LogP contribution is -2.24. The van der Waals surface area contributed by atoms with E-state index in [2.05, 4.69) is 17.5 Å². The van der Waals surface area contributed by atoms with Gasteiger partial charge in [0.15, 0.2) is 5.16 Å². The first kappa shape index (κ1) is 23.5. The minimum absolute atomic E-state index is 0.0583. The molecule has 5 rings (SSSR count). The van der Waals surface area contributed by atoms with E-state index in [4.69, 9.17) is 4.98 Å². The van der Waals surface area contributed by atoms with Crippen LogP contribution in [0.3, 0.4) is 0 Å². The van der Waals surface area contributed by atoms with E-state index in [9.17, 15) is 9.59 Å². The second kappa shape index (κ2) is 10.6. The lowest BCUT2D eigenvalue weighted by atomic mass is 9.97. The van der Waals surface area contributed by atoms with Crippen LogP contribution < -0.4 is 11.0 Å². The SMILES string of the molecule is CCc1ccc(C=NNC(=O)CSc2nc3sc4c(c3c(=O)n2-c2ccccc2)CCCC4)cc1. The first-order valence-corrected chi connectivity index (χ1v) is 13.6. The number of nitrogens with one attached hydrogen (secondary N) is 1. The molecule has 0 aliphatic heterocycles. The van der Waals surface area contributed by atoms with E-state index in [1.54, 1.807) is 22.1 Å². The zero-order chi connectivity index (χ0) is 24.2. The Hall–Kier alpha value is -3.23. The third kappa shape index (κ3) is 5.09. The number of carbonyl (C=O) groups excluding carboxylic acids is 1. The third-order valence-electron chi connectivity index (χ3n) is 6.10. The summed E-state index contributed by atoms with van der Waals surface area (Å²) < 4.78 is 1.64. The summed E-state index contributed by atoms with van der Waals surface area (Å²) in [5, 5.41) is 5.33. The predicted molar refractivity (Wildman–Crippen MR) is 144 cm³/mol. The molecule has 1 aliphatic rings. The number of amides is 1. The van der Waals surface area contributed by atoms with Crippen LogP contribution in [0, 0.1) is 0 Å². The monoisotopic (exact) mass is 502 g/mol. The molecule has 1 amide bonds. The Morgan fingerprint density at radius 1 is 1.14 bits per heavy atom. The van der Waals surface area contributed by atoms with Gasteiger partial charge in [0, 0.05) is 4.88 Å². The molecular weight excluding hydrogens is 476 g/mol. The number of hydrogen-bond acceptors (Lipinski definition) is 6. The summed E-state index contributed by atoms with van der Waals surface area (Å²) >= 11 is 2.87. The Morgan fingerprint density at radius 3 is 2.69 bits per heavy atom. The molecule has 4 aromatic rings. The standard InChI is InChI=1S/C27H26N4O2S2/c1-2-18-12-14-19(15-13-18)16-28-30-23(32)17-34-27-29-25-24(21-10-6-7-11-22(21)35-25)26(33)31(27)20-8-4-3-5-9-20/h3-5,8-9,12-16H,2,6-7,10-11,17H2,1H3,(H,30,32). The average Bonchev–Trinajstić information content (AvgIpc) is 3.27. The van der Waals surface area contributed by atoms with Gasteiger partial charge in [0.25, 0.3) is 11.5 Å². The number of carbonyl (C=O) groups is 1. The number of thiophene rings is 1. The molecule has 2 aromatic carbocycles. The van der Waals surface area contributed by atoms with Crippen molar-refractivity contribution < 1.29 is 4.79 Å². The van der Waals surface area contributed by atoms with E-state index in [0.29, 0.717) is 5.16 Å². The molecule has 0 unspecified atom stereocenters. The quantitative estimate of drug-likeness (QED) is 0.165. The minimum Gasteiger partial charge on any atom is -0.272 e. The molecule has 35 heavy (non-hydrogen) atoms. The summed E-state index contributed by atoms with van der Waals surface area (Å²) in [7, 11) is 0. The molecule has 1 N–H and O–H groups in total. The fourth-order valence-electron chi connectivity index (χ4n) is 4.27. The molecule has 6 nitrogen and oxygen atoms in total. The van der Waals surface area contributed by atoms with E-state index in [-0.39, 0.29) is 17.2 Å². The summed E-state index contributed by atoms with van der Waals surface area (Å²) in [6, 6.07) is 17.6. The van der Waals surface area contributed by atoms with Crippen molar-refractivity contribution in [1.29, 1.82) is 0 Å². The van der Waals surface area contributed by atoms with Gasteiger partial charge in [-0.1, -0.05) is 61.2 Å². The Balaban J connectivity index is 1.38. The van der Waals surface area contributed by atoms with Gasteiger partial charge < -0.3 is 0 Å². The predicted octanol–water partition coefficient (Wildman–Crippen LogP) is 5.13. The van der Waals surface area contributed by atoms with Crippen LogP contribution in [0.25, 0.3) is 15.9 Å². The van der Waals surface area contributed by atoms with E-state index in [1.165, 1.54) is 22.2 Å². The highest BCUT2D eigenvalue weighted by Crippen LogP contribution is 2.35. The molecule has 178 valence electrons. The number of hydrazone groups is 1. The van der Waals surface area contributed by atoms with Crippen LogP contribution in [0.2, 0.25) is 0 Å². The highest BCUT2D eigenvalue weighted by molar-refractivity contribution is 7.99. The average molecular weight is 503 g/mol. The van der Waals surface area contributed by atoms with Gasteiger partial charge >= 0.3 is 0 Å². The second-order valence-corrected chi connectivity index (χ2v) is 10.5. The molecular formula is C27H26N4O2S2. The van der Waals surface area contributed by atoms with Crippen LogP contribution in [0.5, 0.6) is 0 Å². The lowest BCUT2D eigenvalue weighted by molar-refractivity contribution is -0.118. The summed E-state index contributed by atoms with van der Waals surface area (Å²) in [5.41, 5.74) is 6.60. The van der Waals surface area contributed by atoms with Crippen molar-refractivity contribution in [2.75, 3.05) is 5.75 Å². The van der Waals surface area contributed by atoms with Gasteiger partial charge in [-0.3, -0.25) is 14.2 Å². The zero-order valence-corrected chi connectivity index (χ0v) is 21.1. The first-order chi connectivity index (χ1) is 17.1. The molecule has 2 aromatic heterocycles. The molecule has 0 saturated carbocycles. The maximum absolute atomic E-state index is 13.7. The molecule has 0 bridgehead atoms. The van der Waals surface area contributed by atoms with Gasteiger partial charge in [-0.25, -0.2) is 10.4 Å². The van der Waals surface area contributed by atoms with Crippen LogP contribution in [-0.2, 0) is 24.1 Å². The number of fused-ring (bicyclic) bond motifs is 3. The van der Waals surface area contributed by atoms with Crippen LogP contribution in [-0.4, -0.2) is 27.4 Å². The van der Waals surface area contributed by atoms with Crippen molar-refractivity contribution in [3.63, 3.8) is 0 Å². The minimum atomic E-state index is -0.254. The Morgan fingerprint density at radius 2 is 1.91 bits per heavy atom. The van der Waals surface area contributed by atoms with Gasteiger partial charge in [0.1, 0.15) is 4.83 Å². The summed E-state index contributed by atoms with van der Waals surface area (Å²) in [6.45, 7) is 2.11. The van der Waals surface area contributed by atoms with Crippen molar-refractivity contribution in [3.8, 4) is 5.69 Å². The molecule has 0 fully saturated rings. The Labute approximate surface area is 212 Å². The second-order valence-electron chi connectivity index (χ2n) is 8.44. The zero-order valence-electron chi connectivity index (χ0n) is 19.5. The van der Waals surface area contributed by atoms with Crippen molar-refractivity contribution in [2.24, 2.45) is 5.10 Å². The van der Waals surface area contributed by atoms with Crippen LogP contribution >= 0.6 is 23.1 Å². The van der Waals surface area contributed by atoms with Crippen molar-refractivity contribution >= 4 is 45.4 Å². The lowest BCUT2D eigenvalue weighted by Gasteiger charge is -2.13. The smallest absolute Gasteiger partial charge is 0.267 e. The van der Waals surface area contributed by atoms with Crippen LogP contribution in [0.4, 0.5) is 0 Å². The topological polar surface area (TPSA) is 76.3 Å². The van der Waals surface area contributed by atoms with Gasteiger partial charge in [-0.2, -0.15) is 5.10 Å². The molecule has 0 saturated heterocycles. The molecule has 8 heteroatoms. The Bertz CT molecular complexity index is 1440. The van der Waals surface area contributed by atoms with E-state index < -0.39 is 0 Å². The molecule has 2 heterocycles. The highest BCUT2D eigenvalue weighted by Gasteiger charge is 2.23. The van der Waals surface area contributed by atoms with Crippen LogP contribution in [0.15, 0.2) is 69.6 Å². The number of aromatic nitrogens is 2. The van der Waals surface area contributed by atoms with Crippen molar-refractivity contribution in [2.45, 2.75) is 44.2 Å². The number of benzene rings is 2. The fraction of sp³-hybridized carbons (Fsp3) is 0.259. The Kier molecular flexibility index (Phi) is 7.11. The van der Waals surface area contributed by atoms with Gasteiger partial charge in [0.2, 0.25) is 0 Å². The number of rotatable bonds is 7. The summed E-state index contributed by atoms with van der Waals surface area (Å²) in [5.74, 6) is -0.155. The van der Waals surface area contributed by atoms with Crippen LogP contribution in [0.1, 0.15) is 41.3 Å². The summed E-state index contributed by atoms with van der Waals surface area (Å²) in [6.07, 6.45) is 6.79. The molecule has 0 spiro atoms. The fourth-order valence-corrected chi connectivity index (χ4v) is 6.38. The van der Waals surface area contributed by atoms with E-state index in [0.717, 1.165) is 59.1 Å². The normalized spacial score (nSPS) is 13.3. The summed E-state index contributed by atoms with van der Waals surface area (Å²) in [4.78, 5) is 33.1. The number of thioether (sulfide) groups is 1. The largest absolute Gasteiger partial charge is 0.272 e. The highest BCUT2D eigenvalue weighted by atomic mass is 32.2. The molecule has 0 atom stereocenters. The van der Waals surface area contributed by atoms with Gasteiger partial charge in [0.05, 0.1) is 23.0 Å². The van der Waals surface area contributed by atoms with Gasteiger partial charge in [-0.15, -0.1) is 11.3 Å². The number of hydrogen-bond donors (Lipinski definition) is 1. The molecule has 1 aliphatic carbocycles. The van der Waals surface area contributed by atoms with E-state index in [1.807, 2.05) is 54.6 Å². The third-order valence-corrected chi connectivity index (χ3v) is 8.22. The van der Waals surface area contributed by atoms with Crippen molar-refractivity contribution in [1.82, 2.24) is 15.0 Å². The molecule has 0 radical (unpaired) electrons. The van der Waals surface area contributed by atoms with Crippen molar-refractivity contribution in [3.05, 3.63) is 86.5 Å².